The first-order valence-electron chi connectivity index (χ1n) is 9.10. The highest BCUT2D eigenvalue weighted by atomic mass is 16.1. The topological polar surface area (TPSA) is 86.7 Å². The summed E-state index contributed by atoms with van der Waals surface area (Å²) in [6.45, 7) is 0. The fourth-order valence-corrected chi connectivity index (χ4v) is 3.66. The molecule has 6 nitrogen and oxygen atoms in total. The zero-order chi connectivity index (χ0) is 18.1. The molecule has 0 atom stereocenters. The molecule has 134 valence electrons. The maximum Gasteiger partial charge on any atom is 0.141 e. The third-order valence-corrected chi connectivity index (χ3v) is 5.24. The van der Waals surface area contributed by atoms with Crippen molar-refractivity contribution in [2.24, 2.45) is 18.7 Å². The van der Waals surface area contributed by atoms with Gasteiger partial charge < -0.3 is 5.73 Å². The van der Waals surface area contributed by atoms with E-state index in [0.29, 0.717) is 6.42 Å². The molecule has 6 heteroatoms. The highest BCUT2D eigenvalue weighted by Crippen LogP contribution is 2.26. The minimum absolute atomic E-state index is 0.135. The van der Waals surface area contributed by atoms with Gasteiger partial charge in [0, 0.05) is 60.7 Å². The number of nitrogens with two attached hydrogens (primary N) is 1. The first kappa shape index (κ1) is 16.8. The average molecular weight is 349 g/mol. The van der Waals surface area contributed by atoms with Crippen LogP contribution in [0.1, 0.15) is 31.4 Å². The van der Waals surface area contributed by atoms with Crippen LogP contribution in [0.3, 0.4) is 0 Å². The van der Waals surface area contributed by atoms with Crippen LogP contribution >= 0.6 is 0 Å². The minimum atomic E-state index is 0.135. The van der Waals surface area contributed by atoms with Crippen molar-refractivity contribution in [1.29, 1.82) is 0 Å². The SMILES string of the molecule is Cn1cc(-c2cc3cc(CC(=O)C4CCC(N)CC4)ncc3cn2)cn1. The van der Waals surface area contributed by atoms with E-state index in [0.717, 1.165) is 53.4 Å². The van der Waals surface area contributed by atoms with Crippen LogP contribution in [0.25, 0.3) is 22.0 Å². The van der Waals surface area contributed by atoms with Crippen molar-refractivity contribution < 1.29 is 4.79 Å². The van der Waals surface area contributed by atoms with Crippen LogP contribution in [0.4, 0.5) is 0 Å². The molecule has 1 fully saturated rings. The number of nitrogens with zero attached hydrogens (tertiary/aromatic N) is 4. The lowest BCUT2D eigenvalue weighted by atomic mass is 9.82. The summed E-state index contributed by atoms with van der Waals surface area (Å²) in [5.74, 6) is 0.418. The zero-order valence-electron chi connectivity index (χ0n) is 14.9. The van der Waals surface area contributed by atoms with Gasteiger partial charge in [-0.05, 0) is 43.2 Å². The molecule has 0 amide bonds. The zero-order valence-corrected chi connectivity index (χ0v) is 14.9. The Hall–Kier alpha value is -2.60. The van der Waals surface area contributed by atoms with Crippen LogP contribution < -0.4 is 5.73 Å². The van der Waals surface area contributed by atoms with Crippen molar-refractivity contribution in [3.63, 3.8) is 0 Å². The summed E-state index contributed by atoms with van der Waals surface area (Å²) in [5.41, 5.74) is 8.61. The number of rotatable bonds is 4. The lowest BCUT2D eigenvalue weighted by Gasteiger charge is -2.24. The second-order valence-corrected chi connectivity index (χ2v) is 7.25. The summed E-state index contributed by atoms with van der Waals surface area (Å²) in [4.78, 5) is 21.5. The molecule has 1 aliphatic rings. The van der Waals surface area contributed by atoms with Gasteiger partial charge in [0.25, 0.3) is 0 Å². The normalized spacial score (nSPS) is 20.4. The molecule has 3 aromatic heterocycles. The van der Waals surface area contributed by atoms with E-state index in [4.69, 9.17) is 5.73 Å². The molecule has 1 saturated carbocycles. The van der Waals surface area contributed by atoms with Crippen molar-refractivity contribution in [1.82, 2.24) is 19.7 Å². The molecular weight excluding hydrogens is 326 g/mol. The van der Waals surface area contributed by atoms with Gasteiger partial charge in [-0.1, -0.05) is 0 Å². The average Bonchev–Trinajstić information content (AvgIpc) is 3.08. The number of aromatic nitrogens is 4. The maximum atomic E-state index is 12.6. The third-order valence-electron chi connectivity index (χ3n) is 5.24. The quantitative estimate of drug-likeness (QED) is 0.782. The predicted octanol–water partition coefficient (Wildman–Crippen LogP) is 2.66. The molecule has 0 radical (unpaired) electrons. The van der Waals surface area contributed by atoms with Gasteiger partial charge in [0.15, 0.2) is 0 Å². The van der Waals surface area contributed by atoms with E-state index in [2.05, 4.69) is 15.1 Å². The fraction of sp³-hybridized carbons (Fsp3) is 0.400. The van der Waals surface area contributed by atoms with Crippen molar-refractivity contribution in [2.75, 3.05) is 0 Å². The second kappa shape index (κ2) is 6.96. The van der Waals surface area contributed by atoms with E-state index >= 15 is 0 Å². The molecule has 4 rings (SSSR count). The Labute approximate surface area is 152 Å². The first-order chi connectivity index (χ1) is 12.6. The van der Waals surface area contributed by atoms with Crippen molar-refractivity contribution in [3.8, 4) is 11.3 Å². The summed E-state index contributed by atoms with van der Waals surface area (Å²) < 4.78 is 1.76. The lowest BCUT2D eigenvalue weighted by Crippen LogP contribution is -2.30. The van der Waals surface area contributed by atoms with Crippen LogP contribution in [-0.4, -0.2) is 31.6 Å². The van der Waals surface area contributed by atoms with Gasteiger partial charge in [-0.2, -0.15) is 5.10 Å². The summed E-state index contributed by atoms with van der Waals surface area (Å²) in [7, 11) is 1.89. The minimum Gasteiger partial charge on any atom is -0.328 e. The molecule has 3 heterocycles. The molecule has 0 aliphatic heterocycles. The molecule has 0 unspecified atom stereocenters. The number of pyridine rings is 2. The van der Waals surface area contributed by atoms with E-state index in [-0.39, 0.29) is 17.7 Å². The Kier molecular flexibility index (Phi) is 4.51. The number of Topliss-reactive ketones (excluding diaryl/α,β-unsaturated/α-hetero) is 1. The largest absolute Gasteiger partial charge is 0.328 e. The van der Waals surface area contributed by atoms with E-state index in [9.17, 15) is 4.79 Å². The summed E-state index contributed by atoms with van der Waals surface area (Å²) in [5, 5.41) is 6.21. The molecular formula is C20H23N5O. The van der Waals surface area contributed by atoms with Crippen molar-refractivity contribution >= 4 is 16.6 Å². The third kappa shape index (κ3) is 3.51. The van der Waals surface area contributed by atoms with Crippen LogP contribution in [0.5, 0.6) is 0 Å². The number of carbonyl (C=O) groups is 1. The number of aryl methyl sites for hydroxylation is 1. The van der Waals surface area contributed by atoms with E-state index in [1.165, 1.54) is 0 Å². The fourth-order valence-electron chi connectivity index (χ4n) is 3.66. The molecule has 2 N–H and O–H groups in total. The van der Waals surface area contributed by atoms with Gasteiger partial charge >= 0.3 is 0 Å². The Bertz CT molecular complexity index is 940. The van der Waals surface area contributed by atoms with Gasteiger partial charge in [-0.3, -0.25) is 19.4 Å². The highest BCUT2D eigenvalue weighted by Gasteiger charge is 2.24. The van der Waals surface area contributed by atoms with Gasteiger partial charge in [0.05, 0.1) is 11.9 Å². The molecule has 26 heavy (non-hydrogen) atoms. The molecule has 0 bridgehead atoms. The Balaban J connectivity index is 1.55. The van der Waals surface area contributed by atoms with Crippen molar-refractivity contribution in [3.05, 3.63) is 42.6 Å². The Morgan fingerprint density at radius 1 is 1.12 bits per heavy atom. The molecule has 3 aromatic rings. The van der Waals surface area contributed by atoms with Crippen LogP contribution in [0, 0.1) is 5.92 Å². The van der Waals surface area contributed by atoms with Crippen molar-refractivity contribution in [2.45, 2.75) is 38.1 Å². The molecule has 1 aliphatic carbocycles. The predicted molar refractivity (Wildman–Crippen MR) is 100 cm³/mol. The molecule has 0 spiro atoms. The lowest BCUT2D eigenvalue weighted by molar-refractivity contribution is -0.123. The number of ketones is 1. The van der Waals surface area contributed by atoms with Gasteiger partial charge in [0.1, 0.15) is 5.78 Å². The summed E-state index contributed by atoms with van der Waals surface area (Å²) in [6, 6.07) is 4.29. The molecule has 0 aromatic carbocycles. The van der Waals surface area contributed by atoms with Crippen LogP contribution in [0.2, 0.25) is 0 Å². The van der Waals surface area contributed by atoms with Crippen LogP contribution in [-0.2, 0) is 18.3 Å². The van der Waals surface area contributed by atoms with E-state index in [1.54, 1.807) is 17.1 Å². The smallest absolute Gasteiger partial charge is 0.141 e. The van der Waals surface area contributed by atoms with E-state index < -0.39 is 0 Å². The highest BCUT2D eigenvalue weighted by molar-refractivity contribution is 5.87. The van der Waals surface area contributed by atoms with E-state index in [1.807, 2.05) is 31.6 Å². The first-order valence-corrected chi connectivity index (χ1v) is 9.10. The number of hydrogen-bond donors (Lipinski definition) is 1. The Morgan fingerprint density at radius 3 is 2.62 bits per heavy atom. The van der Waals surface area contributed by atoms with Gasteiger partial charge in [-0.25, -0.2) is 0 Å². The second-order valence-electron chi connectivity index (χ2n) is 7.25. The number of fused-ring (bicyclic) bond motifs is 1. The standard InChI is InChI=1S/C20H23N5O/c1-25-12-16(11-24-25)19-7-14-6-18(22-9-15(14)10-23-19)8-20(26)13-2-4-17(21)5-3-13/h6-7,9-13,17H,2-5,8,21H2,1H3. The number of hydrogen-bond acceptors (Lipinski definition) is 5. The van der Waals surface area contributed by atoms with Gasteiger partial charge in [0.2, 0.25) is 0 Å². The Morgan fingerprint density at radius 2 is 1.88 bits per heavy atom. The summed E-state index contributed by atoms with van der Waals surface area (Å²) >= 11 is 0. The monoisotopic (exact) mass is 349 g/mol. The van der Waals surface area contributed by atoms with Crippen LogP contribution in [0.15, 0.2) is 36.9 Å². The number of carbonyl (C=O) groups excluding carboxylic acids is 1. The molecule has 0 saturated heterocycles. The van der Waals surface area contributed by atoms with Gasteiger partial charge in [-0.15, -0.1) is 0 Å². The summed E-state index contributed by atoms with van der Waals surface area (Å²) in [6.07, 6.45) is 11.4. The maximum absolute atomic E-state index is 12.6.